The van der Waals surface area contributed by atoms with Crippen molar-refractivity contribution in [1.82, 2.24) is 19.0 Å². The van der Waals surface area contributed by atoms with E-state index >= 15 is 0 Å². The van der Waals surface area contributed by atoms with Crippen LogP contribution in [0.2, 0.25) is 0 Å². The van der Waals surface area contributed by atoms with Gasteiger partial charge in [0.2, 0.25) is 0 Å². The number of rotatable bonds is 8. The summed E-state index contributed by atoms with van der Waals surface area (Å²) in [5, 5.41) is 4.20. The lowest BCUT2D eigenvalue weighted by Crippen LogP contribution is -2.34. The Morgan fingerprint density at radius 3 is 2.35 bits per heavy atom. The van der Waals surface area contributed by atoms with Gasteiger partial charge in [0.25, 0.3) is 10.0 Å². The molecule has 0 N–H and O–H groups in total. The molecule has 0 spiro atoms. The van der Waals surface area contributed by atoms with Crippen LogP contribution >= 0.6 is 0 Å². The number of hydrogen-bond donors (Lipinski definition) is 0. The number of hydrogen-bond acceptors (Lipinski definition) is 4. The minimum Gasteiger partial charge on any atom is -0.309 e. The number of nitrogens with zero attached hydrogens (tertiary/aromatic N) is 4. The lowest BCUT2D eigenvalue weighted by molar-refractivity contribution is 0.344. The minimum absolute atomic E-state index is 0.221. The van der Waals surface area contributed by atoms with E-state index < -0.39 is 10.0 Å². The third-order valence-corrected chi connectivity index (χ3v) is 5.52. The monoisotopic (exact) mass is 336 g/mol. The van der Waals surface area contributed by atoms with E-state index in [1.165, 1.54) is 15.2 Å². The molecule has 0 radical (unpaired) electrons. The molecule has 0 aliphatic heterocycles. The van der Waals surface area contributed by atoms with Crippen LogP contribution in [0.5, 0.6) is 0 Å². The fourth-order valence-electron chi connectivity index (χ4n) is 2.38. The van der Waals surface area contributed by atoms with Crippen LogP contribution < -0.4 is 0 Å². The highest BCUT2D eigenvalue weighted by Gasteiger charge is 2.27. The highest BCUT2D eigenvalue weighted by atomic mass is 32.2. The Morgan fingerprint density at radius 2 is 1.78 bits per heavy atom. The number of sulfonamides is 1. The molecule has 0 amide bonds. The predicted molar refractivity (Wildman–Crippen MR) is 90.4 cm³/mol. The Kier molecular flexibility index (Phi) is 5.92. The highest BCUT2D eigenvalue weighted by Crippen LogP contribution is 2.18. The second-order valence-electron chi connectivity index (χ2n) is 5.77. The summed E-state index contributed by atoms with van der Waals surface area (Å²) < 4.78 is 28.8. The van der Waals surface area contributed by atoms with E-state index in [1.54, 1.807) is 13.1 Å². The van der Waals surface area contributed by atoms with Gasteiger partial charge in [-0.1, -0.05) is 30.3 Å². The molecule has 6 nitrogen and oxygen atoms in total. The van der Waals surface area contributed by atoms with Crippen molar-refractivity contribution >= 4 is 10.0 Å². The number of aromatic nitrogens is 2. The minimum atomic E-state index is -3.57. The first kappa shape index (κ1) is 17.7. The van der Waals surface area contributed by atoms with Crippen molar-refractivity contribution in [2.45, 2.75) is 18.0 Å². The molecule has 0 atom stereocenters. The van der Waals surface area contributed by atoms with Gasteiger partial charge in [-0.25, -0.2) is 8.42 Å². The standard InChI is InChI=1S/C16H24N4O2S/c1-18(2)12-7-13-20(14-15-8-5-4-6-9-15)23(21,22)16-10-11-17-19(16)3/h4-6,8-11H,7,12-14H2,1-3H3. The normalized spacial score (nSPS) is 12.2. The highest BCUT2D eigenvalue weighted by molar-refractivity contribution is 7.89. The summed E-state index contributed by atoms with van der Waals surface area (Å²) in [6, 6.07) is 11.2. The van der Waals surface area contributed by atoms with Crippen molar-refractivity contribution in [3.8, 4) is 0 Å². The van der Waals surface area contributed by atoms with Gasteiger partial charge in [-0.05, 0) is 38.7 Å². The van der Waals surface area contributed by atoms with E-state index in [1.807, 2.05) is 44.4 Å². The average molecular weight is 336 g/mol. The lowest BCUT2D eigenvalue weighted by Gasteiger charge is -2.23. The summed E-state index contributed by atoms with van der Waals surface area (Å²) in [5.41, 5.74) is 0.975. The number of benzene rings is 1. The van der Waals surface area contributed by atoms with Crippen LogP contribution in [0.1, 0.15) is 12.0 Å². The van der Waals surface area contributed by atoms with Gasteiger partial charge in [-0.15, -0.1) is 0 Å². The molecule has 0 bridgehead atoms. The van der Waals surface area contributed by atoms with Crippen LogP contribution in [0.25, 0.3) is 0 Å². The summed E-state index contributed by atoms with van der Waals surface area (Å²) in [6.45, 7) is 1.68. The molecule has 7 heteroatoms. The first-order chi connectivity index (χ1) is 10.9. The first-order valence-electron chi connectivity index (χ1n) is 7.58. The van der Waals surface area contributed by atoms with Crippen molar-refractivity contribution in [3.63, 3.8) is 0 Å². The maximum absolute atomic E-state index is 12.9. The zero-order chi connectivity index (χ0) is 16.9. The van der Waals surface area contributed by atoms with Crippen LogP contribution in [0.15, 0.2) is 47.6 Å². The Labute approximate surface area is 138 Å². The van der Waals surface area contributed by atoms with Gasteiger partial charge in [0, 0.05) is 20.1 Å². The van der Waals surface area contributed by atoms with Gasteiger partial charge in [0.15, 0.2) is 5.03 Å². The summed E-state index contributed by atoms with van der Waals surface area (Å²) >= 11 is 0. The molecule has 1 aromatic carbocycles. The first-order valence-corrected chi connectivity index (χ1v) is 9.02. The van der Waals surface area contributed by atoms with Crippen molar-refractivity contribution in [2.75, 3.05) is 27.2 Å². The van der Waals surface area contributed by atoms with Crippen molar-refractivity contribution in [2.24, 2.45) is 7.05 Å². The van der Waals surface area contributed by atoms with Gasteiger partial charge < -0.3 is 4.90 Å². The Morgan fingerprint density at radius 1 is 1.09 bits per heavy atom. The SMILES string of the molecule is CN(C)CCCN(Cc1ccccc1)S(=O)(=O)c1ccnn1C. The number of aryl methyl sites for hydroxylation is 1. The zero-order valence-electron chi connectivity index (χ0n) is 13.9. The van der Waals surface area contributed by atoms with E-state index in [0.717, 1.165) is 18.5 Å². The smallest absolute Gasteiger partial charge is 0.260 e. The molecule has 126 valence electrons. The van der Waals surface area contributed by atoms with Gasteiger partial charge in [-0.3, -0.25) is 4.68 Å². The Bertz CT molecular complexity index is 711. The van der Waals surface area contributed by atoms with Crippen LogP contribution in [0.4, 0.5) is 0 Å². The molecular formula is C16H24N4O2S. The van der Waals surface area contributed by atoms with E-state index in [0.29, 0.717) is 13.1 Å². The molecule has 0 unspecified atom stereocenters. The van der Waals surface area contributed by atoms with Gasteiger partial charge in [0.1, 0.15) is 0 Å². The van der Waals surface area contributed by atoms with Crippen molar-refractivity contribution in [3.05, 3.63) is 48.2 Å². The average Bonchev–Trinajstić information content (AvgIpc) is 2.94. The molecule has 2 aromatic rings. The largest absolute Gasteiger partial charge is 0.309 e. The molecule has 0 saturated carbocycles. The topological polar surface area (TPSA) is 58.4 Å². The third-order valence-electron chi connectivity index (χ3n) is 3.59. The van der Waals surface area contributed by atoms with Crippen molar-refractivity contribution in [1.29, 1.82) is 0 Å². The fourth-order valence-corrected chi connectivity index (χ4v) is 3.95. The second kappa shape index (κ2) is 7.72. The molecule has 0 saturated heterocycles. The maximum atomic E-state index is 12.9. The van der Waals surface area contributed by atoms with Gasteiger partial charge in [-0.2, -0.15) is 9.40 Å². The molecule has 1 heterocycles. The predicted octanol–water partition coefficient (Wildman–Crippen LogP) is 1.56. The molecule has 0 fully saturated rings. The molecular weight excluding hydrogens is 312 g/mol. The summed E-state index contributed by atoms with van der Waals surface area (Å²) in [6.07, 6.45) is 2.28. The zero-order valence-corrected chi connectivity index (χ0v) is 14.7. The lowest BCUT2D eigenvalue weighted by atomic mass is 10.2. The Hall–Kier alpha value is -1.70. The fraction of sp³-hybridized carbons (Fsp3) is 0.438. The summed E-state index contributed by atoms with van der Waals surface area (Å²) in [7, 11) is 2.04. The van der Waals surface area contributed by atoms with Gasteiger partial charge >= 0.3 is 0 Å². The van der Waals surface area contributed by atoms with Crippen LogP contribution in [-0.2, 0) is 23.6 Å². The van der Waals surface area contributed by atoms with Gasteiger partial charge in [0.05, 0.1) is 6.20 Å². The Balaban J connectivity index is 2.23. The van der Waals surface area contributed by atoms with E-state index in [4.69, 9.17) is 0 Å². The molecule has 0 aliphatic carbocycles. The van der Waals surface area contributed by atoms with Crippen LogP contribution in [0.3, 0.4) is 0 Å². The maximum Gasteiger partial charge on any atom is 0.260 e. The van der Waals surface area contributed by atoms with E-state index in [2.05, 4.69) is 10.00 Å². The quantitative estimate of drug-likeness (QED) is 0.734. The third kappa shape index (κ3) is 4.63. The molecule has 23 heavy (non-hydrogen) atoms. The molecule has 2 rings (SSSR count). The van der Waals surface area contributed by atoms with E-state index in [-0.39, 0.29) is 5.03 Å². The molecule has 1 aromatic heterocycles. The van der Waals surface area contributed by atoms with E-state index in [9.17, 15) is 8.42 Å². The van der Waals surface area contributed by atoms with Crippen LogP contribution in [0, 0.1) is 0 Å². The second-order valence-corrected chi connectivity index (χ2v) is 7.66. The summed E-state index contributed by atoms with van der Waals surface area (Å²) in [5.74, 6) is 0. The molecule has 0 aliphatic rings. The summed E-state index contributed by atoms with van der Waals surface area (Å²) in [4.78, 5) is 2.05. The van der Waals surface area contributed by atoms with Crippen LogP contribution in [-0.4, -0.2) is 54.6 Å². The van der Waals surface area contributed by atoms with Crippen molar-refractivity contribution < 1.29 is 8.42 Å².